The van der Waals surface area contributed by atoms with Crippen molar-refractivity contribution < 1.29 is 24.2 Å². The number of carboxylic acid groups (broad SMARTS) is 1. The molecule has 44 heavy (non-hydrogen) atoms. The van der Waals surface area contributed by atoms with E-state index >= 15 is 0 Å². The van der Waals surface area contributed by atoms with Gasteiger partial charge >= 0.3 is 11.9 Å². The number of aromatic nitrogens is 2. The number of carbonyl (C=O) groups excluding carboxylic acids is 2. The third-order valence-electron chi connectivity index (χ3n) is 9.52. The molecule has 0 saturated carbocycles. The van der Waals surface area contributed by atoms with Gasteiger partial charge in [0.15, 0.2) is 5.78 Å². The van der Waals surface area contributed by atoms with Gasteiger partial charge in [0, 0.05) is 62.7 Å². The zero-order chi connectivity index (χ0) is 31.6. The largest absolute Gasteiger partial charge is 0.478 e. The van der Waals surface area contributed by atoms with Crippen molar-refractivity contribution in [3.8, 4) is 0 Å². The van der Waals surface area contributed by atoms with Crippen LogP contribution in [0.5, 0.6) is 0 Å². The lowest BCUT2D eigenvalue weighted by molar-refractivity contribution is -0.141. The van der Waals surface area contributed by atoms with Crippen molar-refractivity contribution in [2.24, 2.45) is 22.7 Å². The van der Waals surface area contributed by atoms with Crippen molar-refractivity contribution in [2.75, 3.05) is 7.11 Å². The summed E-state index contributed by atoms with van der Waals surface area (Å²) in [6, 6.07) is -0.115. The number of aliphatic imine (C=N–C) groups is 1. The van der Waals surface area contributed by atoms with Gasteiger partial charge in [0.05, 0.1) is 24.2 Å². The molecular weight excluding hydrogens is 556 g/mol. The first-order valence-corrected chi connectivity index (χ1v) is 14.8. The lowest BCUT2D eigenvalue weighted by Crippen LogP contribution is -2.31. The van der Waals surface area contributed by atoms with E-state index in [0.717, 1.165) is 57.2 Å². The molecule has 4 atom stereocenters. The van der Waals surface area contributed by atoms with E-state index in [4.69, 9.17) is 9.73 Å². The van der Waals surface area contributed by atoms with Crippen LogP contribution in [0.2, 0.25) is 0 Å². The van der Waals surface area contributed by atoms with Crippen LogP contribution >= 0.6 is 0 Å². The summed E-state index contributed by atoms with van der Waals surface area (Å²) in [5.74, 6) is -4.10. The van der Waals surface area contributed by atoms with Gasteiger partial charge < -0.3 is 25.1 Å². The van der Waals surface area contributed by atoms with Crippen molar-refractivity contribution in [1.29, 1.82) is 0 Å². The molecule has 3 aliphatic heterocycles. The molecule has 9 heteroatoms. The average Bonchev–Trinajstić information content (AvgIpc) is 3.72. The summed E-state index contributed by atoms with van der Waals surface area (Å²) in [7, 11) is 1.26. The van der Waals surface area contributed by atoms with Crippen LogP contribution in [0.4, 0.5) is 0 Å². The van der Waals surface area contributed by atoms with Gasteiger partial charge in [-0.05, 0) is 67.7 Å². The molecule has 6 rings (SSSR count). The number of hydrogen-bond donors (Lipinski definition) is 4. The minimum absolute atomic E-state index is 0.115. The number of carbonyl (C=O) groups is 3. The number of aromatic amines is 2. The van der Waals surface area contributed by atoms with Gasteiger partial charge in [0.2, 0.25) is 0 Å². The van der Waals surface area contributed by atoms with Crippen molar-refractivity contribution in [3.63, 3.8) is 0 Å². The Morgan fingerprint density at radius 1 is 1.14 bits per heavy atom. The number of aliphatic carboxylic acids is 1. The minimum atomic E-state index is -1.21. The second-order valence-electron chi connectivity index (χ2n) is 11.8. The van der Waals surface area contributed by atoms with Crippen LogP contribution in [0.15, 0.2) is 46.3 Å². The number of nitrogens with one attached hydrogen (secondary N) is 3. The number of methoxy groups -OCH3 is 1. The van der Waals surface area contributed by atoms with E-state index in [9.17, 15) is 19.5 Å². The number of nitrogens with zero attached hydrogens (tertiary/aromatic N) is 1. The first-order chi connectivity index (χ1) is 21.0. The average molecular weight is 593 g/mol. The Morgan fingerprint density at radius 2 is 1.89 bits per heavy atom. The van der Waals surface area contributed by atoms with E-state index in [0.29, 0.717) is 27.9 Å². The van der Waals surface area contributed by atoms with Crippen molar-refractivity contribution >= 4 is 53.3 Å². The molecule has 226 valence electrons. The van der Waals surface area contributed by atoms with Crippen molar-refractivity contribution in [2.45, 2.75) is 47.1 Å². The van der Waals surface area contributed by atoms with Crippen LogP contribution in [0.3, 0.4) is 0 Å². The standard InChI is InChI=1S/C35H36N4O5/c1-8-19-15(3)22-12-24-17(5)21(10-11-28(40)41)32(38-24)30-31(35(43)44-7)34(42)29-18(6)25(39-33(29)30)14-27-20(9-2)16(4)23(37-27)13-26(19)36-22/h8,10-14,17,21,27,31,36-37,39H,1,9H2,2-7H3,(H,40,41)/b11-10+,23-13-,24-12-,25-14-/t17-,21-,27?,31?/m0/s1. The smallest absolute Gasteiger partial charge is 0.327 e. The Labute approximate surface area is 255 Å². The van der Waals surface area contributed by atoms with Gasteiger partial charge in [-0.25, -0.2) is 4.79 Å². The van der Waals surface area contributed by atoms with Gasteiger partial charge in [-0.15, -0.1) is 0 Å². The van der Waals surface area contributed by atoms with Gasteiger partial charge in [-0.2, -0.15) is 0 Å². The molecule has 4 aliphatic rings. The van der Waals surface area contributed by atoms with Gasteiger partial charge in [0.1, 0.15) is 5.92 Å². The highest BCUT2D eigenvalue weighted by atomic mass is 16.5. The van der Waals surface area contributed by atoms with Crippen LogP contribution in [0.25, 0.3) is 29.9 Å². The first-order valence-electron chi connectivity index (χ1n) is 14.8. The molecule has 0 saturated heterocycles. The number of esters is 1. The number of carboxylic acids is 1. The number of allylic oxidation sites excluding steroid dienone is 3. The number of H-pyrrole nitrogens is 2. The van der Waals surface area contributed by atoms with E-state index in [2.05, 4.69) is 47.9 Å². The van der Waals surface area contributed by atoms with E-state index in [1.165, 1.54) is 12.7 Å². The fourth-order valence-electron chi connectivity index (χ4n) is 7.09. The van der Waals surface area contributed by atoms with Gasteiger partial charge in [-0.1, -0.05) is 32.6 Å². The highest BCUT2D eigenvalue weighted by molar-refractivity contribution is 6.35. The first kappa shape index (κ1) is 29.2. The van der Waals surface area contributed by atoms with Crippen LogP contribution in [0, 0.1) is 31.6 Å². The second kappa shape index (κ2) is 10.7. The molecule has 0 amide bonds. The molecule has 9 nitrogen and oxygen atoms in total. The molecule has 8 bridgehead atoms. The maximum atomic E-state index is 14.0. The Balaban J connectivity index is 1.73. The highest BCUT2D eigenvalue weighted by Crippen LogP contribution is 2.40. The summed E-state index contributed by atoms with van der Waals surface area (Å²) in [4.78, 5) is 50.9. The number of fused-ring (bicyclic) bond motifs is 7. The van der Waals surface area contributed by atoms with Crippen LogP contribution < -0.4 is 16.0 Å². The predicted molar refractivity (Wildman–Crippen MR) is 171 cm³/mol. The summed E-state index contributed by atoms with van der Waals surface area (Å²) >= 11 is 0. The molecule has 0 radical (unpaired) electrons. The van der Waals surface area contributed by atoms with Crippen LogP contribution in [-0.2, 0) is 14.3 Å². The van der Waals surface area contributed by atoms with E-state index in [1.54, 1.807) is 6.08 Å². The maximum absolute atomic E-state index is 14.0. The number of Topliss-reactive ketones (excluding diaryl/α,β-unsaturated/α-hetero) is 1. The maximum Gasteiger partial charge on any atom is 0.327 e. The molecule has 1 aliphatic carbocycles. The van der Waals surface area contributed by atoms with Crippen LogP contribution in [0.1, 0.15) is 65.6 Å². The second-order valence-corrected chi connectivity index (χ2v) is 11.8. The van der Waals surface area contributed by atoms with E-state index < -0.39 is 23.8 Å². The Hall–Kier alpha value is -4.92. The highest BCUT2D eigenvalue weighted by Gasteiger charge is 2.46. The Morgan fingerprint density at radius 3 is 2.55 bits per heavy atom. The Kier molecular flexibility index (Phi) is 7.07. The van der Waals surface area contributed by atoms with Crippen molar-refractivity contribution in [1.82, 2.24) is 15.3 Å². The quantitative estimate of drug-likeness (QED) is 0.236. The van der Waals surface area contributed by atoms with Crippen LogP contribution in [-0.4, -0.2) is 51.7 Å². The minimum Gasteiger partial charge on any atom is -0.478 e. The number of rotatable bonds is 5. The molecular formula is C35H36N4O5. The fourth-order valence-corrected chi connectivity index (χ4v) is 7.09. The summed E-state index contributed by atoms with van der Waals surface area (Å²) in [5, 5.41) is 14.5. The zero-order valence-electron chi connectivity index (χ0n) is 25.7. The Bertz CT molecular complexity index is 1960. The van der Waals surface area contributed by atoms with Crippen molar-refractivity contribution in [3.05, 3.63) is 85.6 Å². The number of ketones is 1. The van der Waals surface area contributed by atoms with E-state index in [1.807, 2.05) is 32.9 Å². The lowest BCUT2D eigenvalue weighted by atomic mass is 9.83. The summed E-state index contributed by atoms with van der Waals surface area (Å²) in [6.45, 7) is 14.2. The molecule has 0 spiro atoms. The molecule has 2 aromatic rings. The van der Waals surface area contributed by atoms with E-state index in [-0.39, 0.29) is 17.7 Å². The SMILES string of the molecule is C=Cc1c2[nH]c(c1C)/C=C1\N=C(C3=c4[nH]/c(c(C)c4C(=O)C3C(=O)OC)=C\C3N/C(=C\2)C(C)=C3CC)[C@@H](/C=C/C(=O)O)[C@@H]1C. The summed E-state index contributed by atoms with van der Waals surface area (Å²) in [5.41, 5.74) is 9.91. The number of hydrogen-bond acceptors (Lipinski definition) is 6. The molecule has 5 heterocycles. The lowest BCUT2D eigenvalue weighted by Gasteiger charge is -2.18. The molecule has 2 unspecified atom stereocenters. The zero-order valence-corrected chi connectivity index (χ0v) is 25.7. The van der Waals surface area contributed by atoms with Gasteiger partial charge in [-0.3, -0.25) is 14.6 Å². The molecule has 0 fully saturated rings. The third-order valence-corrected chi connectivity index (χ3v) is 9.52. The summed E-state index contributed by atoms with van der Waals surface area (Å²) in [6.07, 6.45) is 11.5. The predicted octanol–water partition coefficient (Wildman–Crippen LogP) is 3.96. The third kappa shape index (κ3) is 4.29. The topological polar surface area (TPSA) is 137 Å². The molecule has 0 aromatic carbocycles. The molecule has 4 N–H and O–H groups in total. The van der Waals surface area contributed by atoms with Gasteiger partial charge in [0.25, 0.3) is 0 Å². The molecule has 2 aromatic heterocycles. The fraction of sp³-hybridized carbons (Fsp3) is 0.314. The summed E-state index contributed by atoms with van der Waals surface area (Å²) < 4.78 is 5.12. The number of ether oxygens (including phenoxy) is 1. The normalized spacial score (nSPS) is 27.0. The monoisotopic (exact) mass is 592 g/mol.